The summed E-state index contributed by atoms with van der Waals surface area (Å²) in [5.74, 6) is -0.413. The van der Waals surface area contributed by atoms with Crippen molar-refractivity contribution < 1.29 is 14.2 Å². The summed E-state index contributed by atoms with van der Waals surface area (Å²) in [4.78, 5) is 0. The molecule has 0 amide bonds. The van der Waals surface area contributed by atoms with Crippen molar-refractivity contribution in [3.05, 3.63) is 12.3 Å². The van der Waals surface area contributed by atoms with Gasteiger partial charge in [-0.05, 0) is 59.3 Å². The maximum atomic E-state index is 6.14. The third kappa shape index (κ3) is 11.2. The smallest absolute Gasteiger partial charge is 0.168 e. The second kappa shape index (κ2) is 15.5. The molecular weight excluding hydrogens is 324 g/mol. The zero-order valence-corrected chi connectivity index (χ0v) is 18.6. The molecule has 0 bridgehead atoms. The van der Waals surface area contributed by atoms with Crippen molar-refractivity contribution in [3.63, 3.8) is 0 Å². The molecule has 156 valence electrons. The summed E-state index contributed by atoms with van der Waals surface area (Å²) in [6, 6.07) is 0. The van der Waals surface area contributed by atoms with Crippen LogP contribution in [0.15, 0.2) is 12.3 Å². The van der Waals surface area contributed by atoms with E-state index in [9.17, 15) is 0 Å². The van der Waals surface area contributed by atoms with E-state index in [-0.39, 0.29) is 5.60 Å². The van der Waals surface area contributed by atoms with Crippen LogP contribution in [0.2, 0.25) is 0 Å². The lowest BCUT2D eigenvalue weighted by Gasteiger charge is -2.35. The van der Waals surface area contributed by atoms with Gasteiger partial charge in [-0.15, -0.1) is 0 Å². The maximum Gasteiger partial charge on any atom is 0.168 e. The Labute approximate surface area is 163 Å². The summed E-state index contributed by atoms with van der Waals surface area (Å²) in [6.07, 6.45) is 16.2. The molecule has 1 atom stereocenters. The molecule has 0 fully saturated rings. The second-order valence-electron chi connectivity index (χ2n) is 7.54. The van der Waals surface area contributed by atoms with Crippen molar-refractivity contribution in [2.75, 3.05) is 13.2 Å². The predicted octanol–water partition coefficient (Wildman–Crippen LogP) is 7.40. The van der Waals surface area contributed by atoms with Gasteiger partial charge in [0.25, 0.3) is 0 Å². The fourth-order valence-corrected chi connectivity index (χ4v) is 3.46. The Morgan fingerprint density at radius 3 is 1.81 bits per heavy atom. The van der Waals surface area contributed by atoms with Gasteiger partial charge in [-0.2, -0.15) is 0 Å². The predicted molar refractivity (Wildman–Crippen MR) is 112 cm³/mol. The number of rotatable bonds is 18. The molecule has 0 saturated heterocycles. The quantitative estimate of drug-likeness (QED) is 0.143. The molecular formula is C23H46O3. The Hall–Kier alpha value is -0.540. The summed E-state index contributed by atoms with van der Waals surface area (Å²) in [5.41, 5.74) is -0.0880. The van der Waals surface area contributed by atoms with Crippen molar-refractivity contribution in [1.29, 1.82) is 0 Å². The van der Waals surface area contributed by atoms with E-state index in [1.54, 1.807) is 0 Å². The van der Waals surface area contributed by atoms with Crippen LogP contribution < -0.4 is 0 Å². The van der Waals surface area contributed by atoms with Gasteiger partial charge in [0.2, 0.25) is 0 Å². The van der Waals surface area contributed by atoms with E-state index >= 15 is 0 Å². The molecule has 3 nitrogen and oxygen atoms in total. The Kier molecular flexibility index (Phi) is 15.2. The number of ether oxygens (including phenoxy) is 3. The lowest BCUT2D eigenvalue weighted by Crippen LogP contribution is -2.37. The van der Waals surface area contributed by atoms with Gasteiger partial charge in [-0.25, -0.2) is 0 Å². The van der Waals surface area contributed by atoms with Crippen molar-refractivity contribution in [3.8, 4) is 0 Å². The molecule has 0 aromatic carbocycles. The molecule has 3 heteroatoms. The van der Waals surface area contributed by atoms with Crippen LogP contribution in [-0.4, -0.2) is 24.6 Å². The molecule has 0 aliphatic heterocycles. The normalized spacial score (nSPS) is 14.7. The van der Waals surface area contributed by atoms with Gasteiger partial charge in [0.15, 0.2) is 5.79 Å². The number of allylic oxidation sites excluding steroid dienone is 1. The SMILES string of the molecule is CCC=COC(C)(CCCC)CCCC(CCCCC)(OCC)OCC. The van der Waals surface area contributed by atoms with Crippen molar-refractivity contribution in [2.45, 2.75) is 124 Å². The summed E-state index contributed by atoms with van der Waals surface area (Å²) >= 11 is 0. The van der Waals surface area contributed by atoms with Crippen molar-refractivity contribution in [1.82, 2.24) is 0 Å². The van der Waals surface area contributed by atoms with Gasteiger partial charge in [0, 0.05) is 26.1 Å². The van der Waals surface area contributed by atoms with Crippen LogP contribution in [-0.2, 0) is 14.2 Å². The Bertz CT molecular complexity index is 334. The van der Waals surface area contributed by atoms with E-state index < -0.39 is 5.79 Å². The summed E-state index contributed by atoms with van der Waals surface area (Å²) in [7, 11) is 0. The molecule has 0 aromatic heterocycles. The molecule has 0 aromatic rings. The highest BCUT2D eigenvalue weighted by Gasteiger charge is 2.32. The molecule has 26 heavy (non-hydrogen) atoms. The lowest BCUT2D eigenvalue weighted by molar-refractivity contribution is -0.242. The average molecular weight is 371 g/mol. The minimum atomic E-state index is -0.413. The first-order chi connectivity index (χ1) is 12.5. The van der Waals surface area contributed by atoms with E-state index in [4.69, 9.17) is 14.2 Å². The Morgan fingerprint density at radius 2 is 1.27 bits per heavy atom. The van der Waals surface area contributed by atoms with Crippen LogP contribution >= 0.6 is 0 Å². The monoisotopic (exact) mass is 370 g/mol. The first kappa shape index (κ1) is 25.5. The minimum absolute atomic E-state index is 0.0880. The fourth-order valence-electron chi connectivity index (χ4n) is 3.46. The van der Waals surface area contributed by atoms with E-state index in [1.807, 2.05) is 6.26 Å². The largest absolute Gasteiger partial charge is 0.496 e. The van der Waals surface area contributed by atoms with Crippen LogP contribution in [0.1, 0.15) is 112 Å². The van der Waals surface area contributed by atoms with Gasteiger partial charge in [0.1, 0.15) is 5.60 Å². The molecule has 0 saturated carbocycles. The van der Waals surface area contributed by atoms with Gasteiger partial charge in [0.05, 0.1) is 6.26 Å². The molecule has 0 spiro atoms. The van der Waals surface area contributed by atoms with Gasteiger partial charge >= 0.3 is 0 Å². The summed E-state index contributed by atoms with van der Waals surface area (Å²) in [5, 5.41) is 0. The zero-order chi connectivity index (χ0) is 19.7. The third-order valence-corrected chi connectivity index (χ3v) is 4.98. The number of hydrogen-bond acceptors (Lipinski definition) is 3. The molecule has 1 unspecified atom stereocenters. The lowest BCUT2D eigenvalue weighted by atomic mass is 9.90. The standard InChI is InChI=1S/C23H46O3/c1-7-12-15-19-23(24-10-4,25-11-5)20-16-18-22(6,17-13-8-2)26-21-14-9-3/h14,21H,7-13,15-20H2,1-6H3. The fraction of sp³-hybridized carbons (Fsp3) is 0.913. The Morgan fingerprint density at radius 1 is 0.692 bits per heavy atom. The van der Waals surface area contributed by atoms with Crippen LogP contribution in [0.3, 0.4) is 0 Å². The third-order valence-electron chi connectivity index (χ3n) is 4.98. The van der Waals surface area contributed by atoms with Crippen molar-refractivity contribution in [2.24, 2.45) is 0 Å². The van der Waals surface area contributed by atoms with E-state index in [1.165, 1.54) is 32.1 Å². The van der Waals surface area contributed by atoms with E-state index in [0.29, 0.717) is 13.2 Å². The van der Waals surface area contributed by atoms with Crippen LogP contribution in [0.25, 0.3) is 0 Å². The van der Waals surface area contributed by atoms with Gasteiger partial charge in [-0.1, -0.05) is 46.1 Å². The Balaban J connectivity index is 4.83. The molecule has 0 radical (unpaired) electrons. The zero-order valence-electron chi connectivity index (χ0n) is 18.6. The summed E-state index contributed by atoms with van der Waals surface area (Å²) in [6.45, 7) is 14.4. The molecule has 0 heterocycles. The van der Waals surface area contributed by atoms with Crippen LogP contribution in [0.5, 0.6) is 0 Å². The minimum Gasteiger partial charge on any atom is -0.496 e. The second-order valence-corrected chi connectivity index (χ2v) is 7.54. The van der Waals surface area contributed by atoms with Crippen molar-refractivity contribution >= 4 is 0 Å². The van der Waals surface area contributed by atoms with Crippen LogP contribution in [0, 0.1) is 0 Å². The molecule has 0 aliphatic rings. The number of hydrogen-bond donors (Lipinski definition) is 0. The highest BCUT2D eigenvalue weighted by Crippen LogP contribution is 2.32. The van der Waals surface area contributed by atoms with Gasteiger partial charge < -0.3 is 14.2 Å². The van der Waals surface area contributed by atoms with E-state index in [0.717, 1.165) is 38.5 Å². The first-order valence-corrected chi connectivity index (χ1v) is 11.1. The van der Waals surface area contributed by atoms with Gasteiger partial charge in [-0.3, -0.25) is 0 Å². The van der Waals surface area contributed by atoms with E-state index in [2.05, 4.69) is 47.6 Å². The highest BCUT2D eigenvalue weighted by molar-refractivity contribution is 4.83. The average Bonchev–Trinajstić information content (AvgIpc) is 2.61. The first-order valence-electron chi connectivity index (χ1n) is 11.1. The molecule has 0 rings (SSSR count). The molecule has 0 aliphatic carbocycles. The summed E-state index contributed by atoms with van der Waals surface area (Å²) < 4.78 is 18.4. The highest BCUT2D eigenvalue weighted by atomic mass is 16.7. The molecule has 0 N–H and O–H groups in total. The number of unbranched alkanes of at least 4 members (excludes halogenated alkanes) is 3. The maximum absolute atomic E-state index is 6.14. The topological polar surface area (TPSA) is 27.7 Å². The van der Waals surface area contributed by atoms with Crippen LogP contribution in [0.4, 0.5) is 0 Å².